The molecule has 0 aromatic rings. The smallest absolute Gasteiger partial charge is 0.317 e. The predicted molar refractivity (Wildman–Crippen MR) is 64.3 cm³/mol. The molecular formula is C6H10N2O4S3. The monoisotopic (exact) mass is 270 g/mol. The Kier molecular flexibility index (Phi) is 7.44. The lowest BCUT2D eigenvalue weighted by atomic mass is 10.3. The van der Waals surface area contributed by atoms with Gasteiger partial charge in [-0.3, -0.25) is 9.59 Å². The highest BCUT2D eigenvalue weighted by atomic mass is 32.2. The van der Waals surface area contributed by atoms with Crippen LogP contribution in [0.25, 0.3) is 0 Å². The molecule has 0 aliphatic heterocycles. The molecule has 0 amide bonds. The van der Waals surface area contributed by atoms with Gasteiger partial charge < -0.3 is 16.1 Å². The van der Waals surface area contributed by atoms with E-state index in [0.717, 1.165) is 23.5 Å². The lowest BCUT2D eigenvalue weighted by Gasteiger charge is -2.09. The van der Waals surface area contributed by atoms with Crippen LogP contribution in [0.1, 0.15) is 6.42 Å². The van der Waals surface area contributed by atoms with Crippen molar-refractivity contribution in [3.63, 3.8) is 0 Å². The van der Waals surface area contributed by atoms with Crippen LogP contribution < -0.4 is 5.84 Å². The molecule has 1 atom stereocenters. The number of nitrogens with zero attached hydrogens (tertiary/aromatic N) is 1. The molecule has 86 valence electrons. The number of carbonyl (C=O) groups is 2. The Labute approximate surface area is 100 Å². The average molecular weight is 270 g/mol. The van der Waals surface area contributed by atoms with Gasteiger partial charge in [0.2, 0.25) is 0 Å². The van der Waals surface area contributed by atoms with Crippen LogP contribution in [-0.4, -0.2) is 36.9 Å². The fourth-order valence-electron chi connectivity index (χ4n) is 0.617. The summed E-state index contributed by atoms with van der Waals surface area (Å²) >= 11 is 5.86. The van der Waals surface area contributed by atoms with E-state index >= 15 is 0 Å². The molecule has 6 nitrogen and oxygen atoms in total. The fraction of sp³-hybridized carbons (Fsp3) is 0.500. The van der Waals surface area contributed by atoms with E-state index < -0.39 is 23.6 Å². The maximum Gasteiger partial charge on any atom is 0.317 e. The van der Waals surface area contributed by atoms with Crippen molar-refractivity contribution < 1.29 is 19.8 Å². The van der Waals surface area contributed by atoms with Crippen molar-refractivity contribution >= 4 is 52.5 Å². The first-order valence-electron chi connectivity index (χ1n) is 3.64. The Hall–Kier alpha value is -0.540. The van der Waals surface area contributed by atoms with Gasteiger partial charge >= 0.3 is 11.9 Å². The Morgan fingerprint density at radius 1 is 1.47 bits per heavy atom. The zero-order valence-electron chi connectivity index (χ0n) is 7.49. The molecule has 0 saturated carbocycles. The highest BCUT2D eigenvalue weighted by Crippen LogP contribution is 2.24. The normalized spacial score (nSPS) is 13.5. The first-order valence-corrected chi connectivity index (χ1v) is 6.13. The second-order valence-electron chi connectivity index (χ2n) is 2.21. The minimum Gasteiger partial charge on any atom is -0.481 e. The van der Waals surface area contributed by atoms with E-state index in [1.54, 1.807) is 0 Å². The molecule has 15 heavy (non-hydrogen) atoms. The molecule has 1 unspecified atom stereocenters. The third-order valence-corrected chi connectivity index (χ3v) is 3.64. The third kappa shape index (κ3) is 6.52. The maximum atomic E-state index is 10.7. The number of aliphatic carboxylic acids is 2. The van der Waals surface area contributed by atoms with Crippen LogP contribution in [-0.2, 0) is 9.59 Å². The average Bonchev–Trinajstić information content (AvgIpc) is 2.14. The SMILES string of the molecule is N/N=C(\SCS)SC(CC(=O)O)C(=O)O. The zero-order chi connectivity index (χ0) is 11.8. The number of nitrogens with two attached hydrogens (primary N) is 1. The van der Waals surface area contributed by atoms with E-state index in [2.05, 4.69) is 17.7 Å². The number of carboxylic acid groups (broad SMARTS) is 2. The highest BCUT2D eigenvalue weighted by Gasteiger charge is 2.24. The molecular weight excluding hydrogens is 260 g/mol. The minimum atomic E-state index is -1.21. The van der Waals surface area contributed by atoms with Gasteiger partial charge in [-0.25, -0.2) is 0 Å². The molecule has 0 aromatic carbocycles. The maximum absolute atomic E-state index is 10.7. The number of thiol groups is 1. The van der Waals surface area contributed by atoms with Gasteiger partial charge in [-0.1, -0.05) is 23.5 Å². The van der Waals surface area contributed by atoms with Crippen molar-refractivity contribution in [1.82, 2.24) is 0 Å². The third-order valence-electron chi connectivity index (χ3n) is 1.17. The number of hydrogen-bond acceptors (Lipinski definition) is 7. The molecule has 4 N–H and O–H groups in total. The van der Waals surface area contributed by atoms with Gasteiger partial charge in [0.25, 0.3) is 0 Å². The summed E-state index contributed by atoms with van der Waals surface area (Å²) in [5.74, 6) is 2.63. The summed E-state index contributed by atoms with van der Waals surface area (Å²) in [7, 11) is 0. The van der Waals surface area contributed by atoms with Crippen molar-refractivity contribution in [2.24, 2.45) is 10.9 Å². The molecule has 0 aromatic heterocycles. The summed E-state index contributed by atoms with van der Waals surface area (Å²) in [6.07, 6.45) is -0.480. The summed E-state index contributed by atoms with van der Waals surface area (Å²) < 4.78 is 0.304. The van der Waals surface area contributed by atoms with Gasteiger partial charge in [-0.2, -0.15) is 17.7 Å². The topological polar surface area (TPSA) is 113 Å². The van der Waals surface area contributed by atoms with E-state index in [0.29, 0.717) is 9.46 Å². The minimum absolute atomic E-state index is 0.304. The van der Waals surface area contributed by atoms with Crippen LogP contribution in [0, 0.1) is 0 Å². The van der Waals surface area contributed by atoms with Crippen molar-refractivity contribution in [1.29, 1.82) is 0 Å². The second kappa shape index (κ2) is 7.71. The number of hydrazone groups is 1. The lowest BCUT2D eigenvalue weighted by molar-refractivity contribution is -0.142. The Balaban J connectivity index is 4.39. The van der Waals surface area contributed by atoms with Gasteiger partial charge in [0.15, 0.2) is 4.38 Å². The van der Waals surface area contributed by atoms with Crippen molar-refractivity contribution in [2.75, 3.05) is 5.08 Å². The van der Waals surface area contributed by atoms with Crippen molar-refractivity contribution in [3.8, 4) is 0 Å². The first-order chi connectivity index (χ1) is 7.01. The molecule has 0 spiro atoms. The summed E-state index contributed by atoms with van der Waals surface area (Å²) in [6.45, 7) is 0. The van der Waals surface area contributed by atoms with E-state index in [4.69, 9.17) is 16.1 Å². The number of rotatable bonds is 5. The Morgan fingerprint density at radius 3 is 2.40 bits per heavy atom. The van der Waals surface area contributed by atoms with Crippen LogP contribution in [0.2, 0.25) is 0 Å². The van der Waals surface area contributed by atoms with Crippen molar-refractivity contribution in [2.45, 2.75) is 11.7 Å². The lowest BCUT2D eigenvalue weighted by Crippen LogP contribution is -2.21. The van der Waals surface area contributed by atoms with Crippen molar-refractivity contribution in [3.05, 3.63) is 0 Å². The van der Waals surface area contributed by atoms with Gasteiger partial charge in [0, 0.05) is 5.08 Å². The van der Waals surface area contributed by atoms with Crippen LogP contribution in [0.3, 0.4) is 0 Å². The number of thioether (sulfide) groups is 2. The summed E-state index contributed by atoms with van der Waals surface area (Å²) in [5.41, 5.74) is 0. The van der Waals surface area contributed by atoms with Crippen LogP contribution in [0.5, 0.6) is 0 Å². The first kappa shape index (κ1) is 14.5. The number of hydrogen-bond donors (Lipinski definition) is 4. The molecule has 0 aliphatic carbocycles. The summed E-state index contributed by atoms with van der Waals surface area (Å²) in [6, 6.07) is 0. The van der Waals surface area contributed by atoms with E-state index in [9.17, 15) is 9.59 Å². The molecule has 0 saturated heterocycles. The molecule has 0 bridgehead atoms. The summed E-state index contributed by atoms with van der Waals surface area (Å²) in [4.78, 5) is 21.1. The van der Waals surface area contributed by atoms with Gasteiger partial charge in [-0.15, -0.1) is 0 Å². The van der Waals surface area contributed by atoms with Crippen LogP contribution in [0.15, 0.2) is 5.10 Å². The fourth-order valence-corrected chi connectivity index (χ4v) is 2.86. The van der Waals surface area contributed by atoms with Gasteiger partial charge in [0.05, 0.1) is 6.42 Å². The van der Waals surface area contributed by atoms with E-state index in [1.165, 1.54) is 0 Å². The Bertz CT molecular complexity index is 271. The molecule has 9 heteroatoms. The number of carboxylic acids is 2. The van der Waals surface area contributed by atoms with E-state index in [1.807, 2.05) is 0 Å². The molecule has 0 aliphatic rings. The second-order valence-corrected chi connectivity index (χ2v) is 5.37. The van der Waals surface area contributed by atoms with Crippen LogP contribution >= 0.6 is 36.2 Å². The molecule has 0 rings (SSSR count). The quantitative estimate of drug-likeness (QED) is 0.144. The Morgan fingerprint density at radius 2 is 2.07 bits per heavy atom. The zero-order valence-corrected chi connectivity index (χ0v) is 10.0. The summed E-state index contributed by atoms with van der Waals surface area (Å²) in [5, 5.41) is 19.9. The molecule has 0 radical (unpaired) electrons. The molecule has 0 fully saturated rings. The standard InChI is InChI=1S/C6H10N2O4S3/c7-8-6(14-2-13)15-3(5(11)12)1-4(9)10/h3,13H,1-2,7H2,(H,9,10)(H,11,12)/b8-6+. The largest absolute Gasteiger partial charge is 0.481 e. The molecule has 0 heterocycles. The van der Waals surface area contributed by atoms with Gasteiger partial charge in [-0.05, 0) is 0 Å². The van der Waals surface area contributed by atoms with E-state index in [-0.39, 0.29) is 0 Å². The predicted octanol–water partition coefficient (Wildman–Crippen LogP) is 0.498. The van der Waals surface area contributed by atoms with Crippen LogP contribution in [0.4, 0.5) is 0 Å². The van der Waals surface area contributed by atoms with Gasteiger partial charge in [0.1, 0.15) is 5.25 Å². The highest BCUT2D eigenvalue weighted by molar-refractivity contribution is 8.41.